The minimum absolute atomic E-state index is 0.111. The number of hydrogen-bond acceptors (Lipinski definition) is 6. The van der Waals surface area contributed by atoms with Gasteiger partial charge in [0.2, 0.25) is 12.4 Å². The number of methoxy groups -OCH3 is 3. The molecule has 2 aromatic carbocycles. The molecule has 0 saturated heterocycles. The summed E-state index contributed by atoms with van der Waals surface area (Å²) in [4.78, 5) is 0. The van der Waals surface area contributed by atoms with Crippen molar-refractivity contribution in [3.63, 3.8) is 0 Å². The smallest absolute Gasteiger partial charge is 0.478 e. The van der Waals surface area contributed by atoms with E-state index in [1.807, 2.05) is 51.6 Å². The van der Waals surface area contributed by atoms with Gasteiger partial charge in [-0.2, -0.15) is 0 Å². The third kappa shape index (κ3) is 9.93. The Morgan fingerprint density at radius 3 is 1.44 bits per heavy atom. The molecule has 0 fully saturated rings. The maximum absolute atomic E-state index is 12.6. The van der Waals surface area contributed by atoms with Crippen LogP contribution in [-0.2, 0) is 48.4 Å². The zero-order valence-electron chi connectivity index (χ0n) is 33.9. The zero-order chi connectivity index (χ0) is 39.9. The predicted octanol–water partition coefficient (Wildman–Crippen LogP) is 0.377. The first kappa shape index (κ1) is 41.8. The van der Waals surface area contributed by atoms with Crippen molar-refractivity contribution >= 4 is 0 Å². The number of hydrogen-bond donors (Lipinski definition) is 0. The monoisotopic (exact) mass is 757 g/mol. The second-order valence-electron chi connectivity index (χ2n) is 15.1. The molecule has 4 unspecified atom stereocenters. The minimum Gasteiger partial charge on any atom is -0.827 e. The lowest BCUT2D eigenvalue weighted by Crippen LogP contribution is -2.59. The number of likely N-dealkylation sites (N-methyl/N-ethyl adjacent to an activating group) is 2. The van der Waals surface area contributed by atoms with Crippen LogP contribution in [0, 0.1) is 0 Å². The zero-order valence-corrected chi connectivity index (χ0v) is 33.9. The van der Waals surface area contributed by atoms with E-state index in [-0.39, 0.29) is 17.6 Å². The molecule has 0 amide bonds. The SMILES string of the molecule is CCC[N+](C)(Cc1cc[n+](-c2cc(-c3ccc(-c4ccccc4)cc3)cc(-[n+]3ccc(C[N+](C)(CC([O-])OC)CC([O-])OC)n3C)[n+]2C)n1C)CC([O-])OC. The van der Waals surface area contributed by atoms with Gasteiger partial charge in [0, 0.05) is 57.9 Å². The molecule has 3 aromatic heterocycles. The van der Waals surface area contributed by atoms with E-state index in [0.29, 0.717) is 24.1 Å². The summed E-state index contributed by atoms with van der Waals surface area (Å²) in [5.74, 6) is 1.83. The molecule has 3 heterocycles. The largest absolute Gasteiger partial charge is 0.827 e. The lowest BCUT2D eigenvalue weighted by molar-refractivity contribution is -0.946. The Morgan fingerprint density at radius 1 is 0.600 bits per heavy atom. The topological polar surface area (TPSA) is 118 Å². The number of aromatic nitrogens is 5. The number of nitrogens with zero attached hydrogens (tertiary/aromatic N) is 7. The van der Waals surface area contributed by atoms with Crippen LogP contribution in [0.25, 0.3) is 33.9 Å². The van der Waals surface area contributed by atoms with E-state index in [9.17, 15) is 15.3 Å². The van der Waals surface area contributed by atoms with Crippen molar-refractivity contribution in [3.8, 4) is 33.9 Å². The van der Waals surface area contributed by atoms with Gasteiger partial charge in [-0.1, -0.05) is 66.1 Å². The number of pyridine rings is 1. The first-order valence-corrected chi connectivity index (χ1v) is 18.8. The van der Waals surface area contributed by atoms with Crippen molar-refractivity contribution in [1.29, 1.82) is 0 Å². The molecule has 0 saturated carbocycles. The van der Waals surface area contributed by atoms with Gasteiger partial charge in [-0.15, -0.1) is 9.36 Å². The highest BCUT2D eigenvalue weighted by Gasteiger charge is 2.37. The minimum atomic E-state index is -1.28. The molecule has 0 aliphatic rings. The highest BCUT2D eigenvalue weighted by atomic mass is 16.6. The quantitative estimate of drug-likeness (QED) is 0.0684. The molecule has 296 valence electrons. The van der Waals surface area contributed by atoms with Gasteiger partial charge < -0.3 is 38.5 Å². The summed E-state index contributed by atoms with van der Waals surface area (Å²) in [6, 6.07) is 27.5. The van der Waals surface area contributed by atoms with Crippen LogP contribution >= 0.6 is 0 Å². The van der Waals surface area contributed by atoms with E-state index >= 15 is 0 Å². The first-order chi connectivity index (χ1) is 26.2. The van der Waals surface area contributed by atoms with Gasteiger partial charge in [-0.3, -0.25) is 0 Å². The summed E-state index contributed by atoms with van der Waals surface area (Å²) < 4.78 is 26.6. The maximum Gasteiger partial charge on any atom is 0.478 e. The summed E-state index contributed by atoms with van der Waals surface area (Å²) in [6.45, 7) is 4.67. The van der Waals surface area contributed by atoms with Crippen molar-refractivity contribution in [2.24, 2.45) is 21.1 Å². The molecule has 0 bridgehead atoms. The van der Waals surface area contributed by atoms with Crippen molar-refractivity contribution in [2.45, 2.75) is 45.3 Å². The number of benzene rings is 2. The van der Waals surface area contributed by atoms with Gasteiger partial charge in [0.1, 0.15) is 24.5 Å². The van der Waals surface area contributed by atoms with Crippen LogP contribution in [0.2, 0.25) is 0 Å². The van der Waals surface area contributed by atoms with Gasteiger partial charge >= 0.3 is 11.6 Å². The van der Waals surface area contributed by atoms with Crippen molar-refractivity contribution in [2.75, 3.05) is 61.6 Å². The predicted molar refractivity (Wildman–Crippen MR) is 201 cm³/mol. The Kier molecular flexibility index (Phi) is 13.8. The Hall–Kier alpha value is -4.31. The molecule has 4 atom stereocenters. The van der Waals surface area contributed by atoms with E-state index in [1.165, 1.54) is 21.3 Å². The fourth-order valence-corrected chi connectivity index (χ4v) is 7.56. The van der Waals surface area contributed by atoms with Crippen LogP contribution in [0.4, 0.5) is 0 Å². The number of rotatable bonds is 19. The second kappa shape index (κ2) is 18.1. The lowest BCUT2D eigenvalue weighted by Gasteiger charge is -2.42. The van der Waals surface area contributed by atoms with Crippen LogP contribution in [0.1, 0.15) is 24.7 Å². The Bertz CT molecular complexity index is 1990. The van der Waals surface area contributed by atoms with E-state index in [2.05, 4.69) is 105 Å². The van der Waals surface area contributed by atoms with Crippen molar-refractivity contribution < 1.29 is 52.4 Å². The van der Waals surface area contributed by atoms with Crippen molar-refractivity contribution in [3.05, 3.63) is 103 Å². The van der Waals surface area contributed by atoms with Crippen LogP contribution in [0.15, 0.2) is 91.3 Å². The summed E-state index contributed by atoms with van der Waals surface area (Å²) in [5.41, 5.74) is 6.40. The fraction of sp³-hybridized carbons (Fsp3) is 0.452. The third-order valence-electron chi connectivity index (χ3n) is 10.8. The van der Waals surface area contributed by atoms with Gasteiger partial charge in [0.05, 0.1) is 66.5 Å². The van der Waals surface area contributed by atoms with Crippen LogP contribution < -0.4 is 29.3 Å². The van der Waals surface area contributed by atoms with E-state index in [1.54, 1.807) is 0 Å². The molecule has 0 aliphatic carbocycles. The number of quaternary nitrogens is 2. The molecule has 0 N–H and O–H groups in total. The second-order valence-corrected chi connectivity index (χ2v) is 15.1. The van der Waals surface area contributed by atoms with E-state index < -0.39 is 18.9 Å². The molecule has 0 radical (unpaired) electrons. The third-order valence-corrected chi connectivity index (χ3v) is 10.8. The highest BCUT2D eigenvalue weighted by Crippen LogP contribution is 2.26. The summed E-state index contributed by atoms with van der Waals surface area (Å²) in [6.07, 6.45) is 1.38. The first-order valence-electron chi connectivity index (χ1n) is 18.8. The average Bonchev–Trinajstić information content (AvgIpc) is 3.71. The standard InChI is InChI=1S/C42H59N7O6/c1-10-24-48(5,29-40(50)53-7)27-36-20-22-46(44(36)3)38-25-35(34-18-16-33(17-19-34)32-14-12-11-13-15-32)26-39(43(38)2)47-23-21-37(45(47)4)28-49(6,30-41(51)54-8)31-42(52)55-9/h11-23,25-26,40-42H,10,24,27-31H2,1-9H3/q+2. The van der Waals surface area contributed by atoms with E-state index in [4.69, 9.17) is 14.2 Å². The molecule has 13 heteroatoms. The maximum atomic E-state index is 12.6. The Balaban J connectivity index is 1.61. The van der Waals surface area contributed by atoms with Crippen LogP contribution in [-0.4, -0.2) is 98.8 Å². The van der Waals surface area contributed by atoms with Crippen molar-refractivity contribution in [1.82, 2.24) is 9.36 Å². The lowest BCUT2D eigenvalue weighted by atomic mass is 10.0. The summed E-state index contributed by atoms with van der Waals surface area (Å²) in [7, 11) is 14.4. The molecular weight excluding hydrogens is 699 g/mol. The molecule has 13 nitrogen and oxygen atoms in total. The van der Waals surface area contributed by atoms with Crippen LogP contribution in [0.3, 0.4) is 0 Å². The van der Waals surface area contributed by atoms with Gasteiger partial charge in [-0.05, 0) is 32.5 Å². The normalized spacial score (nSPS) is 15.7. The molecule has 0 aliphatic heterocycles. The summed E-state index contributed by atoms with van der Waals surface area (Å²) >= 11 is 0. The highest BCUT2D eigenvalue weighted by molar-refractivity contribution is 5.71. The van der Waals surface area contributed by atoms with Gasteiger partial charge in [0.15, 0.2) is 7.05 Å². The number of ether oxygens (including phenoxy) is 3. The van der Waals surface area contributed by atoms with Gasteiger partial charge in [-0.25, -0.2) is 0 Å². The average molecular weight is 758 g/mol. The molecule has 5 aromatic rings. The molecule has 0 spiro atoms. The molecule has 5 rings (SSSR count). The van der Waals surface area contributed by atoms with E-state index in [0.717, 1.165) is 58.2 Å². The van der Waals surface area contributed by atoms with Crippen LogP contribution in [0.5, 0.6) is 0 Å². The molecular formula is C42H59N7O6+2. The fourth-order valence-electron chi connectivity index (χ4n) is 7.56. The molecule has 55 heavy (non-hydrogen) atoms. The summed E-state index contributed by atoms with van der Waals surface area (Å²) in [5, 5.41) is 37.6. The Morgan fingerprint density at radius 2 is 1.00 bits per heavy atom. The van der Waals surface area contributed by atoms with Gasteiger partial charge in [0.25, 0.3) is 0 Å². The Labute approximate surface area is 325 Å².